The lowest BCUT2D eigenvalue weighted by Crippen LogP contribution is -2.51. The van der Waals surface area contributed by atoms with Crippen LogP contribution in [0.5, 0.6) is 0 Å². The van der Waals surface area contributed by atoms with E-state index in [0.29, 0.717) is 12.1 Å². The van der Waals surface area contributed by atoms with E-state index in [1.807, 2.05) is 0 Å². The fourth-order valence-corrected chi connectivity index (χ4v) is 3.19. The molecular formula is C15H33N3. The van der Waals surface area contributed by atoms with E-state index in [4.69, 9.17) is 5.73 Å². The minimum Gasteiger partial charge on any atom is -0.326 e. The van der Waals surface area contributed by atoms with Gasteiger partial charge in [0.15, 0.2) is 0 Å². The maximum atomic E-state index is 6.35. The Bertz CT molecular complexity index is 218. The second-order valence-electron chi connectivity index (χ2n) is 6.10. The molecule has 0 radical (unpaired) electrons. The third-order valence-electron chi connectivity index (χ3n) is 4.48. The molecule has 0 aromatic rings. The molecule has 2 N–H and O–H groups in total. The number of hydrogen-bond donors (Lipinski definition) is 1. The summed E-state index contributed by atoms with van der Waals surface area (Å²) < 4.78 is 0. The average molecular weight is 255 g/mol. The average Bonchev–Trinajstić information content (AvgIpc) is 2.35. The van der Waals surface area contributed by atoms with Gasteiger partial charge < -0.3 is 10.6 Å². The Morgan fingerprint density at radius 3 is 2.39 bits per heavy atom. The monoisotopic (exact) mass is 255 g/mol. The molecule has 18 heavy (non-hydrogen) atoms. The van der Waals surface area contributed by atoms with Gasteiger partial charge >= 0.3 is 0 Å². The predicted octanol–water partition coefficient (Wildman–Crippen LogP) is 2.17. The van der Waals surface area contributed by atoms with Crippen LogP contribution in [0.25, 0.3) is 0 Å². The molecule has 0 aliphatic heterocycles. The van der Waals surface area contributed by atoms with Gasteiger partial charge in [0.1, 0.15) is 0 Å². The first-order valence-electron chi connectivity index (χ1n) is 7.72. The highest BCUT2D eigenvalue weighted by Gasteiger charge is 2.30. The molecule has 3 atom stereocenters. The molecule has 0 bridgehead atoms. The zero-order valence-corrected chi connectivity index (χ0v) is 12.9. The Morgan fingerprint density at radius 1 is 1.11 bits per heavy atom. The summed E-state index contributed by atoms with van der Waals surface area (Å²) in [5, 5.41) is 0. The molecule has 1 aliphatic rings. The summed E-state index contributed by atoms with van der Waals surface area (Å²) in [7, 11) is 4.30. The van der Waals surface area contributed by atoms with Gasteiger partial charge in [-0.05, 0) is 65.3 Å². The third-order valence-corrected chi connectivity index (χ3v) is 4.48. The first kappa shape index (κ1) is 15.9. The molecule has 1 saturated carbocycles. The van der Waals surface area contributed by atoms with Crippen molar-refractivity contribution in [1.29, 1.82) is 0 Å². The van der Waals surface area contributed by atoms with Gasteiger partial charge in [0.25, 0.3) is 0 Å². The van der Waals surface area contributed by atoms with Crippen LogP contribution in [0.1, 0.15) is 46.0 Å². The summed E-state index contributed by atoms with van der Waals surface area (Å²) in [5.41, 5.74) is 6.35. The molecule has 3 heteroatoms. The van der Waals surface area contributed by atoms with Gasteiger partial charge in [0, 0.05) is 12.1 Å². The van der Waals surface area contributed by atoms with Crippen molar-refractivity contribution in [2.75, 3.05) is 33.7 Å². The van der Waals surface area contributed by atoms with Crippen LogP contribution in [0, 0.1) is 5.92 Å². The fraction of sp³-hybridized carbons (Fsp3) is 1.00. The minimum absolute atomic E-state index is 0.395. The molecule has 0 amide bonds. The van der Waals surface area contributed by atoms with E-state index >= 15 is 0 Å². The predicted molar refractivity (Wildman–Crippen MR) is 79.8 cm³/mol. The van der Waals surface area contributed by atoms with Gasteiger partial charge in [-0.25, -0.2) is 0 Å². The Morgan fingerprint density at radius 2 is 1.83 bits per heavy atom. The maximum Gasteiger partial charge on any atom is 0.0249 e. The number of hydrogen-bond acceptors (Lipinski definition) is 3. The van der Waals surface area contributed by atoms with Crippen molar-refractivity contribution >= 4 is 0 Å². The van der Waals surface area contributed by atoms with Crippen LogP contribution in [0.4, 0.5) is 0 Å². The lowest BCUT2D eigenvalue weighted by molar-refractivity contribution is 0.111. The molecule has 0 spiro atoms. The summed E-state index contributed by atoms with van der Waals surface area (Å²) >= 11 is 0. The minimum atomic E-state index is 0.395. The zero-order valence-electron chi connectivity index (χ0n) is 12.9. The van der Waals surface area contributed by atoms with Crippen LogP contribution >= 0.6 is 0 Å². The molecule has 0 saturated heterocycles. The van der Waals surface area contributed by atoms with Crippen LogP contribution < -0.4 is 5.73 Å². The molecule has 3 unspecified atom stereocenters. The van der Waals surface area contributed by atoms with E-state index in [9.17, 15) is 0 Å². The molecular weight excluding hydrogens is 222 g/mol. The fourth-order valence-electron chi connectivity index (χ4n) is 3.19. The molecule has 1 rings (SSSR count). The normalized spacial score (nSPS) is 29.2. The Kier molecular flexibility index (Phi) is 7.20. The molecule has 3 nitrogen and oxygen atoms in total. The van der Waals surface area contributed by atoms with Crippen molar-refractivity contribution in [3.63, 3.8) is 0 Å². The van der Waals surface area contributed by atoms with Crippen molar-refractivity contribution < 1.29 is 0 Å². The van der Waals surface area contributed by atoms with Gasteiger partial charge in [-0.2, -0.15) is 0 Å². The lowest BCUT2D eigenvalue weighted by atomic mass is 9.80. The standard InChI is InChI=1S/C15H33N3/c1-5-13-8-9-14(16)15(12-13)18(6-2)11-7-10-17(3)4/h13-15H,5-12,16H2,1-4H3. The Hall–Kier alpha value is -0.120. The first-order chi connectivity index (χ1) is 8.58. The highest BCUT2D eigenvalue weighted by molar-refractivity contribution is 4.88. The largest absolute Gasteiger partial charge is 0.326 e. The van der Waals surface area contributed by atoms with Crippen molar-refractivity contribution in [1.82, 2.24) is 9.80 Å². The van der Waals surface area contributed by atoms with Crippen LogP contribution in [-0.4, -0.2) is 55.6 Å². The highest BCUT2D eigenvalue weighted by Crippen LogP contribution is 2.29. The molecule has 1 fully saturated rings. The molecule has 1 aliphatic carbocycles. The summed E-state index contributed by atoms with van der Waals surface area (Å²) in [6, 6.07) is 1.02. The molecule has 108 valence electrons. The van der Waals surface area contributed by atoms with Gasteiger partial charge in [-0.1, -0.05) is 20.3 Å². The Balaban J connectivity index is 2.45. The maximum absolute atomic E-state index is 6.35. The van der Waals surface area contributed by atoms with Crippen LogP contribution in [0.3, 0.4) is 0 Å². The lowest BCUT2D eigenvalue weighted by Gasteiger charge is -2.41. The van der Waals surface area contributed by atoms with E-state index in [0.717, 1.165) is 12.5 Å². The van der Waals surface area contributed by atoms with Crippen LogP contribution in [0.2, 0.25) is 0 Å². The molecule has 0 aromatic carbocycles. The zero-order chi connectivity index (χ0) is 13.5. The number of nitrogens with two attached hydrogens (primary N) is 1. The summed E-state index contributed by atoms with van der Waals surface area (Å²) in [6.07, 6.45) is 6.43. The van der Waals surface area contributed by atoms with Crippen molar-refractivity contribution in [2.45, 2.75) is 58.0 Å². The van der Waals surface area contributed by atoms with Gasteiger partial charge in [-0.3, -0.25) is 4.90 Å². The SMILES string of the molecule is CCC1CCC(N)C(N(CC)CCCN(C)C)C1. The van der Waals surface area contributed by atoms with Crippen molar-refractivity contribution in [2.24, 2.45) is 11.7 Å². The number of rotatable bonds is 7. The van der Waals surface area contributed by atoms with Gasteiger partial charge in [0.2, 0.25) is 0 Å². The topological polar surface area (TPSA) is 32.5 Å². The van der Waals surface area contributed by atoms with Gasteiger partial charge in [-0.15, -0.1) is 0 Å². The quantitative estimate of drug-likeness (QED) is 0.757. The summed E-state index contributed by atoms with van der Waals surface area (Å²) in [6.45, 7) is 8.11. The van der Waals surface area contributed by atoms with Crippen molar-refractivity contribution in [3.8, 4) is 0 Å². The van der Waals surface area contributed by atoms with E-state index in [2.05, 4.69) is 37.7 Å². The Labute approximate surface area is 114 Å². The van der Waals surface area contributed by atoms with E-state index in [-0.39, 0.29) is 0 Å². The summed E-state index contributed by atoms with van der Waals surface area (Å²) in [5.74, 6) is 0.901. The summed E-state index contributed by atoms with van der Waals surface area (Å²) in [4.78, 5) is 4.89. The van der Waals surface area contributed by atoms with Gasteiger partial charge in [0.05, 0.1) is 0 Å². The molecule has 0 aromatic heterocycles. The van der Waals surface area contributed by atoms with E-state index in [1.54, 1.807) is 0 Å². The first-order valence-corrected chi connectivity index (χ1v) is 7.72. The number of likely N-dealkylation sites (N-methyl/N-ethyl adjacent to an activating group) is 1. The third kappa shape index (κ3) is 4.87. The van der Waals surface area contributed by atoms with E-state index < -0.39 is 0 Å². The number of nitrogens with zero attached hydrogens (tertiary/aromatic N) is 2. The van der Waals surface area contributed by atoms with E-state index in [1.165, 1.54) is 45.2 Å². The van der Waals surface area contributed by atoms with Crippen LogP contribution in [-0.2, 0) is 0 Å². The molecule has 0 heterocycles. The second-order valence-corrected chi connectivity index (χ2v) is 6.10. The van der Waals surface area contributed by atoms with Crippen molar-refractivity contribution in [3.05, 3.63) is 0 Å². The second kappa shape index (κ2) is 8.13. The van der Waals surface area contributed by atoms with Crippen LogP contribution in [0.15, 0.2) is 0 Å². The smallest absolute Gasteiger partial charge is 0.0249 e. The highest BCUT2D eigenvalue weighted by atomic mass is 15.2.